The van der Waals surface area contributed by atoms with Crippen molar-refractivity contribution in [3.63, 3.8) is 0 Å². The highest BCUT2D eigenvalue weighted by Crippen LogP contribution is 2.34. The van der Waals surface area contributed by atoms with Gasteiger partial charge in [0.15, 0.2) is 5.66 Å². The van der Waals surface area contributed by atoms with Crippen LogP contribution in [-0.4, -0.2) is 11.8 Å². The van der Waals surface area contributed by atoms with E-state index in [4.69, 9.17) is 0 Å². The van der Waals surface area contributed by atoms with Crippen LogP contribution in [0.4, 0.5) is 0 Å². The van der Waals surface area contributed by atoms with Gasteiger partial charge in [0.2, 0.25) is 5.91 Å². The molecule has 1 atom stereocenters. The molecular weight excluding hydrogens is 252 g/mol. The summed E-state index contributed by atoms with van der Waals surface area (Å²) in [4.78, 5) is 23.8. The second kappa shape index (κ2) is 4.49. The van der Waals surface area contributed by atoms with Gasteiger partial charge in [-0.05, 0) is 6.07 Å². The van der Waals surface area contributed by atoms with Crippen LogP contribution in [-0.2, 0) is 10.5 Å². The fraction of sp³-hybridized carbons (Fsp3) is 0.125. The fourth-order valence-electron chi connectivity index (χ4n) is 2.66. The molecule has 0 saturated heterocycles. The van der Waals surface area contributed by atoms with E-state index in [1.54, 1.807) is 6.07 Å². The Morgan fingerprint density at radius 3 is 2.40 bits per heavy atom. The van der Waals surface area contributed by atoms with Gasteiger partial charge in [0.1, 0.15) is 0 Å². The monoisotopic (exact) mass is 266 g/mol. The summed E-state index contributed by atoms with van der Waals surface area (Å²) in [5, 5.41) is 5.80. The average molecular weight is 266 g/mol. The molecular formula is C16H14N2O2. The van der Waals surface area contributed by atoms with E-state index in [1.807, 2.05) is 48.5 Å². The van der Waals surface area contributed by atoms with E-state index in [9.17, 15) is 9.59 Å². The van der Waals surface area contributed by atoms with Gasteiger partial charge in [-0.15, -0.1) is 0 Å². The molecule has 100 valence electrons. The smallest absolute Gasteiger partial charge is 0.254 e. The summed E-state index contributed by atoms with van der Waals surface area (Å²) in [7, 11) is 0. The predicted octanol–water partition coefficient (Wildman–Crippen LogP) is 1.77. The van der Waals surface area contributed by atoms with E-state index in [0.717, 1.165) is 11.1 Å². The Bertz CT molecular complexity index is 678. The van der Waals surface area contributed by atoms with Crippen LogP contribution in [0.3, 0.4) is 0 Å². The highest BCUT2D eigenvalue weighted by atomic mass is 16.2. The van der Waals surface area contributed by atoms with Crippen molar-refractivity contribution in [2.75, 3.05) is 0 Å². The number of hydrogen-bond donors (Lipinski definition) is 2. The number of rotatable bonds is 2. The van der Waals surface area contributed by atoms with Crippen LogP contribution in [0, 0.1) is 0 Å². The highest BCUT2D eigenvalue weighted by molar-refractivity contribution is 6.01. The predicted molar refractivity (Wildman–Crippen MR) is 74.9 cm³/mol. The molecule has 0 spiro atoms. The first-order chi connectivity index (χ1) is 9.63. The molecule has 0 unspecified atom stereocenters. The summed E-state index contributed by atoms with van der Waals surface area (Å²) in [6.45, 7) is 1.44. The molecule has 0 saturated carbocycles. The van der Waals surface area contributed by atoms with Crippen molar-refractivity contribution in [1.29, 1.82) is 0 Å². The molecule has 1 heterocycles. The topological polar surface area (TPSA) is 58.2 Å². The Labute approximate surface area is 116 Å². The molecule has 2 aromatic rings. The van der Waals surface area contributed by atoms with E-state index < -0.39 is 5.66 Å². The van der Waals surface area contributed by atoms with Gasteiger partial charge in [0.25, 0.3) is 5.91 Å². The molecule has 20 heavy (non-hydrogen) atoms. The number of hydrogen-bond acceptors (Lipinski definition) is 2. The van der Waals surface area contributed by atoms with Gasteiger partial charge >= 0.3 is 0 Å². The van der Waals surface area contributed by atoms with Gasteiger partial charge in [-0.1, -0.05) is 48.5 Å². The number of amides is 2. The maximum absolute atomic E-state index is 12.2. The van der Waals surface area contributed by atoms with Gasteiger partial charge in [0.05, 0.1) is 0 Å². The van der Waals surface area contributed by atoms with Gasteiger partial charge in [0, 0.05) is 23.6 Å². The van der Waals surface area contributed by atoms with E-state index >= 15 is 0 Å². The summed E-state index contributed by atoms with van der Waals surface area (Å²) < 4.78 is 0. The molecule has 0 aromatic heterocycles. The summed E-state index contributed by atoms with van der Waals surface area (Å²) in [6.07, 6.45) is 0. The first kappa shape index (κ1) is 12.4. The molecule has 4 nitrogen and oxygen atoms in total. The number of carbonyl (C=O) groups excluding carboxylic acids is 2. The zero-order chi connectivity index (χ0) is 14.2. The van der Waals surface area contributed by atoms with Crippen LogP contribution < -0.4 is 10.6 Å². The van der Waals surface area contributed by atoms with Crippen LogP contribution in [0.15, 0.2) is 54.6 Å². The zero-order valence-electron chi connectivity index (χ0n) is 11.0. The van der Waals surface area contributed by atoms with Gasteiger partial charge in [-0.3, -0.25) is 9.59 Å². The third kappa shape index (κ3) is 1.77. The van der Waals surface area contributed by atoms with E-state index in [2.05, 4.69) is 10.6 Å². The van der Waals surface area contributed by atoms with Crippen molar-refractivity contribution >= 4 is 11.8 Å². The lowest BCUT2D eigenvalue weighted by atomic mass is 9.91. The van der Waals surface area contributed by atoms with Crippen LogP contribution in [0.5, 0.6) is 0 Å². The van der Waals surface area contributed by atoms with Gasteiger partial charge in [-0.25, -0.2) is 0 Å². The molecule has 1 aliphatic rings. The lowest BCUT2D eigenvalue weighted by Crippen LogP contribution is -2.54. The van der Waals surface area contributed by atoms with E-state index in [-0.39, 0.29) is 11.8 Å². The second-order valence-corrected chi connectivity index (χ2v) is 4.80. The van der Waals surface area contributed by atoms with Crippen LogP contribution in [0.2, 0.25) is 0 Å². The Hall–Kier alpha value is -2.62. The first-order valence-corrected chi connectivity index (χ1v) is 6.40. The van der Waals surface area contributed by atoms with Crippen LogP contribution in [0.1, 0.15) is 28.4 Å². The molecule has 0 bridgehead atoms. The summed E-state index contributed by atoms with van der Waals surface area (Å²) in [6, 6.07) is 16.7. The maximum atomic E-state index is 12.2. The van der Waals surface area contributed by atoms with E-state index in [0.29, 0.717) is 5.56 Å². The number of benzene rings is 2. The molecule has 2 N–H and O–H groups in total. The first-order valence-electron chi connectivity index (χ1n) is 6.40. The summed E-state index contributed by atoms with van der Waals surface area (Å²) in [5.74, 6) is -0.385. The minimum atomic E-state index is -0.985. The number of nitrogens with one attached hydrogen (secondary N) is 2. The summed E-state index contributed by atoms with van der Waals surface area (Å²) >= 11 is 0. The Morgan fingerprint density at radius 2 is 1.70 bits per heavy atom. The van der Waals surface area contributed by atoms with Gasteiger partial charge in [-0.2, -0.15) is 0 Å². The Balaban J connectivity index is 2.24. The Kier molecular flexibility index (Phi) is 2.79. The largest absolute Gasteiger partial charge is 0.326 e. The molecule has 0 aliphatic carbocycles. The standard InChI is InChI=1S/C16H14N2O2/c1-11(19)17-16(12-7-3-2-4-8-12)14-10-6-5-9-13(14)15(20)18-16/h2-10H,1H3,(H,17,19)(H,18,20)/t16-/m0/s1. The normalized spacial score (nSPS) is 20.1. The quantitative estimate of drug-likeness (QED) is 0.870. The van der Waals surface area contributed by atoms with Gasteiger partial charge < -0.3 is 10.6 Å². The maximum Gasteiger partial charge on any atom is 0.254 e. The van der Waals surface area contributed by atoms with Crippen LogP contribution >= 0.6 is 0 Å². The van der Waals surface area contributed by atoms with Crippen molar-refractivity contribution in [3.8, 4) is 0 Å². The molecule has 0 radical (unpaired) electrons. The second-order valence-electron chi connectivity index (χ2n) is 4.80. The lowest BCUT2D eigenvalue weighted by molar-refractivity contribution is -0.120. The average Bonchev–Trinajstić information content (AvgIpc) is 2.74. The van der Waals surface area contributed by atoms with Crippen molar-refractivity contribution < 1.29 is 9.59 Å². The minimum absolute atomic E-state index is 0.182. The SMILES string of the molecule is CC(=O)N[C@@]1(c2ccccc2)NC(=O)c2ccccc21. The zero-order valence-corrected chi connectivity index (χ0v) is 11.0. The number of fused-ring (bicyclic) bond motifs is 1. The van der Waals surface area contributed by atoms with E-state index in [1.165, 1.54) is 6.92 Å². The Morgan fingerprint density at radius 1 is 1.05 bits per heavy atom. The molecule has 2 amide bonds. The van der Waals surface area contributed by atoms with Crippen molar-refractivity contribution in [2.24, 2.45) is 0 Å². The molecule has 1 aliphatic heterocycles. The third-order valence-electron chi connectivity index (χ3n) is 3.45. The minimum Gasteiger partial charge on any atom is -0.326 e. The molecule has 3 rings (SSSR count). The number of carbonyl (C=O) groups is 2. The van der Waals surface area contributed by atoms with Crippen LogP contribution in [0.25, 0.3) is 0 Å². The van der Waals surface area contributed by atoms with Crippen molar-refractivity contribution in [2.45, 2.75) is 12.6 Å². The molecule has 2 aromatic carbocycles. The summed E-state index contributed by atoms with van der Waals surface area (Å²) in [5.41, 5.74) is 1.20. The van der Waals surface area contributed by atoms with Crippen molar-refractivity contribution in [3.05, 3.63) is 71.3 Å². The molecule has 0 fully saturated rings. The highest BCUT2D eigenvalue weighted by Gasteiger charge is 2.44. The molecule has 4 heteroatoms. The fourth-order valence-corrected chi connectivity index (χ4v) is 2.66. The van der Waals surface area contributed by atoms with Crippen molar-refractivity contribution in [1.82, 2.24) is 10.6 Å². The third-order valence-corrected chi connectivity index (χ3v) is 3.45. The lowest BCUT2D eigenvalue weighted by Gasteiger charge is -2.31.